The maximum absolute atomic E-state index is 12.9. The fraction of sp³-hybridized carbons (Fsp3) is 0.333. The largest absolute Gasteiger partial charge is 0.373 e. The fourth-order valence-corrected chi connectivity index (χ4v) is 3.16. The number of benzene rings is 1. The van der Waals surface area contributed by atoms with Gasteiger partial charge in [-0.1, -0.05) is 24.3 Å². The third kappa shape index (κ3) is 2.69. The van der Waals surface area contributed by atoms with E-state index in [4.69, 9.17) is 0 Å². The highest BCUT2D eigenvalue weighted by Gasteiger charge is 2.31. The minimum Gasteiger partial charge on any atom is -0.373 e. The Morgan fingerprint density at radius 1 is 1.32 bits per heavy atom. The molecule has 1 unspecified atom stereocenters. The highest BCUT2D eigenvalue weighted by molar-refractivity contribution is 5.95. The van der Waals surface area contributed by atoms with Crippen LogP contribution in [-0.2, 0) is 0 Å². The summed E-state index contributed by atoms with van der Waals surface area (Å²) in [6.45, 7) is 2.93. The Morgan fingerprint density at radius 3 is 2.91 bits per heavy atom. The van der Waals surface area contributed by atoms with Crippen molar-refractivity contribution in [3.63, 3.8) is 0 Å². The second-order valence-corrected chi connectivity index (χ2v) is 5.69. The zero-order valence-corrected chi connectivity index (χ0v) is 13.0. The molecule has 4 heteroatoms. The zero-order chi connectivity index (χ0) is 15.5. The molecule has 1 aliphatic rings. The van der Waals surface area contributed by atoms with Gasteiger partial charge in [-0.15, -0.1) is 0 Å². The molecule has 1 fully saturated rings. The molecule has 1 saturated heterocycles. The van der Waals surface area contributed by atoms with E-state index in [1.54, 1.807) is 12.3 Å². The average Bonchev–Trinajstić information content (AvgIpc) is 3.04. The van der Waals surface area contributed by atoms with Crippen molar-refractivity contribution in [1.82, 2.24) is 9.88 Å². The molecule has 2 aromatic rings. The van der Waals surface area contributed by atoms with Gasteiger partial charge in [-0.25, -0.2) is 4.98 Å². The lowest BCUT2D eigenvalue weighted by atomic mass is 9.99. The van der Waals surface area contributed by atoms with Crippen LogP contribution >= 0.6 is 0 Å². The maximum atomic E-state index is 12.9. The molecule has 3 rings (SSSR count). The minimum absolute atomic E-state index is 0.0876. The normalized spacial score (nSPS) is 17.5. The summed E-state index contributed by atoms with van der Waals surface area (Å²) in [5, 5.41) is 2.98. The predicted molar refractivity (Wildman–Crippen MR) is 88.0 cm³/mol. The third-order valence-electron chi connectivity index (χ3n) is 4.32. The zero-order valence-electron chi connectivity index (χ0n) is 13.0. The number of carbonyl (C=O) groups excluding carboxylic acids is 1. The molecular formula is C18H21N3O. The minimum atomic E-state index is 0.0876. The van der Waals surface area contributed by atoms with Crippen LogP contribution < -0.4 is 5.32 Å². The monoisotopic (exact) mass is 295 g/mol. The standard InChI is InChI=1S/C18H21N3O/c1-13-6-3-4-7-15(13)16-8-5-11-21(16)18(22)14-9-10-20-17(12-14)19-2/h3-4,6-7,9-10,12,16H,5,8,11H2,1-2H3,(H,19,20). The van der Waals surface area contributed by atoms with Crippen LogP contribution in [0.2, 0.25) is 0 Å². The van der Waals surface area contributed by atoms with Crippen molar-refractivity contribution >= 4 is 11.7 Å². The predicted octanol–water partition coefficient (Wildman–Crippen LogP) is 3.41. The van der Waals surface area contributed by atoms with E-state index in [2.05, 4.69) is 35.4 Å². The lowest BCUT2D eigenvalue weighted by Gasteiger charge is -2.26. The number of aromatic nitrogens is 1. The SMILES string of the molecule is CNc1cc(C(=O)N2CCCC2c2ccccc2C)ccn1. The molecule has 1 aromatic carbocycles. The molecule has 0 spiro atoms. The molecule has 0 aliphatic carbocycles. The Bertz CT molecular complexity index is 684. The first-order chi connectivity index (χ1) is 10.7. The molecule has 22 heavy (non-hydrogen) atoms. The Morgan fingerprint density at radius 2 is 2.14 bits per heavy atom. The van der Waals surface area contributed by atoms with E-state index in [0.29, 0.717) is 5.56 Å². The van der Waals surface area contributed by atoms with Gasteiger partial charge in [0.05, 0.1) is 6.04 Å². The van der Waals surface area contributed by atoms with Gasteiger partial charge in [0.15, 0.2) is 0 Å². The van der Waals surface area contributed by atoms with Crippen LogP contribution in [0.4, 0.5) is 5.82 Å². The van der Waals surface area contributed by atoms with Crippen LogP contribution in [0.25, 0.3) is 0 Å². The van der Waals surface area contributed by atoms with Gasteiger partial charge in [-0.3, -0.25) is 4.79 Å². The summed E-state index contributed by atoms with van der Waals surface area (Å²) < 4.78 is 0. The van der Waals surface area contributed by atoms with E-state index in [0.717, 1.165) is 25.2 Å². The number of nitrogens with one attached hydrogen (secondary N) is 1. The fourth-order valence-electron chi connectivity index (χ4n) is 3.16. The van der Waals surface area contributed by atoms with E-state index >= 15 is 0 Å². The summed E-state index contributed by atoms with van der Waals surface area (Å²) in [6, 6.07) is 12.1. The second kappa shape index (κ2) is 6.18. The van der Waals surface area contributed by atoms with Gasteiger partial charge in [0.25, 0.3) is 5.91 Å². The third-order valence-corrected chi connectivity index (χ3v) is 4.32. The first-order valence-corrected chi connectivity index (χ1v) is 7.71. The lowest BCUT2D eigenvalue weighted by Crippen LogP contribution is -2.31. The number of hydrogen-bond donors (Lipinski definition) is 1. The van der Waals surface area contributed by atoms with Crippen molar-refractivity contribution in [3.05, 3.63) is 59.3 Å². The first kappa shape index (κ1) is 14.6. The van der Waals surface area contributed by atoms with Crippen LogP contribution in [0.1, 0.15) is 40.4 Å². The first-order valence-electron chi connectivity index (χ1n) is 7.71. The number of hydrogen-bond acceptors (Lipinski definition) is 3. The molecule has 2 heterocycles. The lowest BCUT2D eigenvalue weighted by molar-refractivity contribution is 0.0735. The van der Waals surface area contributed by atoms with E-state index in [9.17, 15) is 4.79 Å². The quantitative estimate of drug-likeness (QED) is 0.944. The Labute approximate surface area is 131 Å². The van der Waals surface area contributed by atoms with Gasteiger partial charge in [-0.2, -0.15) is 0 Å². The number of anilines is 1. The molecule has 0 bridgehead atoms. The summed E-state index contributed by atoms with van der Waals surface area (Å²) in [4.78, 5) is 19.1. The van der Waals surface area contributed by atoms with Gasteiger partial charge >= 0.3 is 0 Å². The van der Waals surface area contributed by atoms with E-state index in [-0.39, 0.29) is 11.9 Å². The molecule has 0 saturated carbocycles. The van der Waals surface area contributed by atoms with Gasteiger partial charge in [0.1, 0.15) is 5.82 Å². The summed E-state index contributed by atoms with van der Waals surface area (Å²) in [7, 11) is 1.81. The van der Waals surface area contributed by atoms with Crippen molar-refractivity contribution in [2.75, 3.05) is 18.9 Å². The number of nitrogens with zero attached hydrogens (tertiary/aromatic N) is 2. The van der Waals surface area contributed by atoms with Gasteiger partial charge in [0, 0.05) is 25.4 Å². The van der Waals surface area contributed by atoms with Crippen LogP contribution in [0.5, 0.6) is 0 Å². The van der Waals surface area contributed by atoms with E-state index in [1.807, 2.05) is 24.1 Å². The Balaban J connectivity index is 1.89. The van der Waals surface area contributed by atoms with E-state index in [1.165, 1.54) is 11.1 Å². The van der Waals surface area contributed by atoms with Crippen molar-refractivity contribution in [3.8, 4) is 0 Å². The molecule has 4 nitrogen and oxygen atoms in total. The molecular weight excluding hydrogens is 274 g/mol. The summed E-state index contributed by atoms with van der Waals surface area (Å²) in [6.07, 6.45) is 3.76. The maximum Gasteiger partial charge on any atom is 0.254 e. The Kier molecular flexibility index (Phi) is 4.09. The molecule has 1 N–H and O–H groups in total. The van der Waals surface area contributed by atoms with Crippen molar-refractivity contribution in [2.24, 2.45) is 0 Å². The topological polar surface area (TPSA) is 45.2 Å². The van der Waals surface area contributed by atoms with E-state index < -0.39 is 0 Å². The molecule has 114 valence electrons. The highest BCUT2D eigenvalue weighted by Crippen LogP contribution is 2.34. The van der Waals surface area contributed by atoms with Crippen LogP contribution in [0.3, 0.4) is 0 Å². The Hall–Kier alpha value is -2.36. The number of likely N-dealkylation sites (tertiary alicyclic amines) is 1. The van der Waals surface area contributed by atoms with Gasteiger partial charge in [0.2, 0.25) is 0 Å². The summed E-state index contributed by atoms with van der Waals surface area (Å²) in [5.41, 5.74) is 3.20. The van der Waals surface area contributed by atoms with Crippen LogP contribution in [-0.4, -0.2) is 29.4 Å². The van der Waals surface area contributed by atoms with Crippen molar-refractivity contribution in [2.45, 2.75) is 25.8 Å². The summed E-state index contributed by atoms with van der Waals surface area (Å²) in [5.74, 6) is 0.808. The molecule has 1 amide bonds. The van der Waals surface area contributed by atoms with Crippen LogP contribution in [0.15, 0.2) is 42.6 Å². The number of aryl methyl sites for hydroxylation is 1. The van der Waals surface area contributed by atoms with Crippen molar-refractivity contribution < 1.29 is 4.79 Å². The number of rotatable bonds is 3. The number of amides is 1. The highest BCUT2D eigenvalue weighted by atomic mass is 16.2. The van der Waals surface area contributed by atoms with Crippen molar-refractivity contribution in [1.29, 1.82) is 0 Å². The van der Waals surface area contributed by atoms with Gasteiger partial charge in [-0.05, 0) is 43.0 Å². The van der Waals surface area contributed by atoms with Crippen LogP contribution in [0, 0.1) is 6.92 Å². The molecule has 1 aliphatic heterocycles. The number of carbonyl (C=O) groups is 1. The number of pyridine rings is 1. The van der Waals surface area contributed by atoms with Gasteiger partial charge < -0.3 is 10.2 Å². The smallest absolute Gasteiger partial charge is 0.254 e. The summed E-state index contributed by atoms with van der Waals surface area (Å²) >= 11 is 0. The molecule has 1 aromatic heterocycles. The molecule has 1 atom stereocenters. The second-order valence-electron chi connectivity index (χ2n) is 5.69. The molecule has 0 radical (unpaired) electrons. The average molecular weight is 295 g/mol.